The molecule has 0 N–H and O–H groups in total. The summed E-state index contributed by atoms with van der Waals surface area (Å²) in [4.78, 5) is 4.88. The lowest BCUT2D eigenvalue weighted by Crippen LogP contribution is -2.31. The van der Waals surface area contributed by atoms with Gasteiger partial charge in [0.1, 0.15) is 17.3 Å². The van der Waals surface area contributed by atoms with Crippen LogP contribution in [0.2, 0.25) is 0 Å². The second kappa shape index (κ2) is 19.4. The Kier molecular flexibility index (Phi) is 10.4. The van der Waals surface area contributed by atoms with E-state index in [2.05, 4.69) is 125 Å². The highest BCUT2D eigenvalue weighted by molar-refractivity contribution is 6.09. The van der Waals surface area contributed by atoms with Gasteiger partial charge in [-0.15, -0.1) is 0 Å². The molecule has 0 aliphatic heterocycles. The van der Waals surface area contributed by atoms with E-state index in [9.17, 15) is 5.48 Å². The molecule has 0 aliphatic carbocycles. The van der Waals surface area contributed by atoms with Crippen molar-refractivity contribution in [2.24, 2.45) is 0 Å². The molecular weight excluding hydrogens is 937 g/mol. The molecule has 0 amide bonds. The lowest BCUT2D eigenvalue weighted by atomic mass is 9.78. The van der Waals surface area contributed by atoms with Crippen molar-refractivity contribution in [2.75, 3.05) is 0 Å². The average molecular weight is 1010 g/mol. The molecule has 77 heavy (non-hydrogen) atoms. The van der Waals surface area contributed by atoms with E-state index in [4.69, 9.17) is 13.8 Å². The standard InChI is InChI=1S/C72H64N4O/c1-70(2,3)55-41-53(42-56(44-55)71(4,5)6)61-32-21-31-60(51-24-14-10-15-25-51)69(61)75-48-74(65-37-34-52(43-67(65)75)50-22-12-9-13-23-50)57-28-20-29-58(45-57)77-59-35-36-63-62-30-18-19-33-64(62)76(66(63)46-59)68-40-49(38-39-73-68)47-72(7,8)54-26-16-11-17-27-54/h9-46H,47H2,1-8H3/i10D,14D,15D,24D,25D,47D2. The minimum absolute atomic E-state index is 0.0877. The number of hydrogen-bond acceptors (Lipinski definition) is 2. The van der Waals surface area contributed by atoms with E-state index in [0.717, 1.165) is 77.5 Å². The van der Waals surface area contributed by atoms with Crippen molar-refractivity contribution in [1.29, 1.82) is 0 Å². The van der Waals surface area contributed by atoms with Crippen molar-refractivity contribution in [1.82, 2.24) is 14.1 Å². The molecule has 5 nitrogen and oxygen atoms in total. The van der Waals surface area contributed by atoms with Gasteiger partial charge in [0, 0.05) is 25.8 Å². The molecule has 0 bridgehead atoms. The zero-order valence-electron chi connectivity index (χ0n) is 51.7. The van der Waals surface area contributed by atoms with Gasteiger partial charge in [-0.25, -0.2) is 4.98 Å². The molecule has 0 spiro atoms. The maximum atomic E-state index is 9.58. The van der Waals surface area contributed by atoms with Crippen LogP contribution in [0.4, 0.5) is 0 Å². The highest BCUT2D eigenvalue weighted by Crippen LogP contribution is 2.41. The van der Waals surface area contributed by atoms with Crippen LogP contribution in [0.5, 0.6) is 11.5 Å². The first-order valence-corrected chi connectivity index (χ1v) is 26.3. The van der Waals surface area contributed by atoms with Crippen molar-refractivity contribution < 1.29 is 18.9 Å². The van der Waals surface area contributed by atoms with Gasteiger partial charge in [-0.1, -0.05) is 219 Å². The quantitative estimate of drug-likeness (QED) is 0.0956. The minimum Gasteiger partial charge on any atom is -0.458 e. The van der Waals surface area contributed by atoms with Crippen molar-refractivity contribution in [3.8, 4) is 62.1 Å². The van der Waals surface area contributed by atoms with Gasteiger partial charge in [0.2, 0.25) is 0 Å². The Morgan fingerprint density at radius 2 is 1.18 bits per heavy atom. The number of fused-ring (bicyclic) bond motifs is 4. The van der Waals surface area contributed by atoms with Crippen LogP contribution in [0.15, 0.2) is 231 Å². The Bertz CT molecular complexity index is 4490. The predicted molar refractivity (Wildman–Crippen MR) is 319 cm³/mol. The van der Waals surface area contributed by atoms with Gasteiger partial charge in [0.25, 0.3) is 6.33 Å². The predicted octanol–water partition coefficient (Wildman–Crippen LogP) is 18.1. The number of nitrogens with zero attached hydrogens (tertiary/aromatic N) is 4. The van der Waals surface area contributed by atoms with Gasteiger partial charge in [-0.2, -0.15) is 0 Å². The molecule has 0 atom stereocenters. The Labute approximate surface area is 463 Å². The van der Waals surface area contributed by atoms with Gasteiger partial charge in [0.05, 0.1) is 40.3 Å². The van der Waals surface area contributed by atoms with Gasteiger partial charge in [0.15, 0.2) is 0 Å². The molecule has 0 saturated heterocycles. The van der Waals surface area contributed by atoms with Crippen LogP contribution in [0, 0.1) is 6.33 Å². The first kappa shape index (κ1) is 41.4. The third kappa shape index (κ3) is 9.52. The van der Waals surface area contributed by atoms with E-state index in [1.165, 1.54) is 0 Å². The van der Waals surface area contributed by atoms with Crippen LogP contribution >= 0.6 is 0 Å². The average Bonchev–Trinajstić information content (AvgIpc) is 2.28. The third-order valence-electron chi connectivity index (χ3n) is 14.7. The summed E-state index contributed by atoms with van der Waals surface area (Å²) in [6.07, 6.45) is 3.69. The van der Waals surface area contributed by atoms with Crippen LogP contribution in [0.3, 0.4) is 0 Å². The fraction of sp³-hybridized carbons (Fsp3) is 0.167. The second-order valence-electron chi connectivity index (χ2n) is 22.5. The van der Waals surface area contributed by atoms with Crippen molar-refractivity contribution in [2.45, 2.75) is 78.0 Å². The Morgan fingerprint density at radius 1 is 0.519 bits per heavy atom. The van der Waals surface area contributed by atoms with Crippen molar-refractivity contribution >= 4 is 32.8 Å². The molecule has 0 saturated carbocycles. The van der Waals surface area contributed by atoms with Gasteiger partial charge < -0.3 is 4.74 Å². The Balaban J connectivity index is 1.03. The number of ether oxygens (including phenoxy) is 1. The van der Waals surface area contributed by atoms with Crippen LogP contribution in [-0.2, 0) is 22.6 Å². The van der Waals surface area contributed by atoms with Crippen LogP contribution in [-0.4, -0.2) is 14.1 Å². The molecule has 3 heterocycles. The van der Waals surface area contributed by atoms with Gasteiger partial charge >= 0.3 is 0 Å². The van der Waals surface area contributed by atoms with Crippen molar-refractivity contribution in [3.05, 3.63) is 259 Å². The van der Waals surface area contributed by atoms with E-state index in [-0.39, 0.29) is 28.5 Å². The Hall–Kier alpha value is -8.80. The molecule has 0 unspecified atom stereocenters. The maximum absolute atomic E-state index is 9.58. The number of pyridine rings is 1. The summed E-state index contributed by atoms with van der Waals surface area (Å²) in [7, 11) is 0. The molecule has 12 rings (SSSR count). The van der Waals surface area contributed by atoms with Gasteiger partial charge in [-0.05, 0) is 133 Å². The summed E-state index contributed by atoms with van der Waals surface area (Å²) in [5.74, 6) is 1.72. The molecule has 0 aliphatic rings. The highest BCUT2D eigenvalue weighted by Gasteiger charge is 2.26. The lowest BCUT2D eigenvalue weighted by molar-refractivity contribution is -0.571. The topological polar surface area (TPSA) is 35.9 Å². The number of hydrogen-bond donors (Lipinski definition) is 0. The number of rotatable bonds is 11. The van der Waals surface area contributed by atoms with E-state index in [1.807, 2.05) is 138 Å². The van der Waals surface area contributed by atoms with E-state index >= 15 is 0 Å². The molecule has 9 aromatic carbocycles. The van der Waals surface area contributed by atoms with E-state index in [1.54, 1.807) is 12.3 Å². The number of benzene rings is 9. The van der Waals surface area contributed by atoms with Crippen molar-refractivity contribution in [3.63, 3.8) is 0 Å². The number of aromatic nitrogens is 4. The lowest BCUT2D eigenvalue weighted by Gasteiger charge is -2.27. The molecule has 3 aromatic heterocycles. The second-order valence-corrected chi connectivity index (χ2v) is 22.5. The fourth-order valence-corrected chi connectivity index (χ4v) is 10.5. The smallest absolute Gasteiger partial charge is 0.269 e. The number of para-hydroxylation sites is 2. The summed E-state index contributed by atoms with van der Waals surface area (Å²) >= 11 is 0. The number of imidazole rings is 1. The Morgan fingerprint density at radius 3 is 1.92 bits per heavy atom. The summed E-state index contributed by atoms with van der Waals surface area (Å²) in [5.41, 5.74) is 11.3. The summed E-state index contributed by atoms with van der Waals surface area (Å²) in [5, 5.41) is 2.01. The highest BCUT2D eigenvalue weighted by atomic mass is 16.5. The summed E-state index contributed by atoms with van der Waals surface area (Å²) < 4.78 is 77.2. The maximum Gasteiger partial charge on any atom is 0.269 e. The largest absolute Gasteiger partial charge is 0.458 e. The molecule has 5 heteroatoms. The first-order chi connectivity index (χ1) is 40.0. The van der Waals surface area contributed by atoms with Crippen LogP contribution in [0.1, 0.15) is 87.2 Å². The normalized spacial score (nSPS) is 13.7. The molecular formula is C72H64N4O. The molecule has 0 radical (unpaired) electrons. The summed E-state index contributed by atoms with van der Waals surface area (Å²) in [6, 6.07) is 62.5. The molecule has 0 fully saturated rings. The minimum atomic E-state index is -1.76. The summed E-state index contributed by atoms with van der Waals surface area (Å²) in [6.45, 7) is 17.1. The third-order valence-corrected chi connectivity index (χ3v) is 14.7. The van der Waals surface area contributed by atoms with E-state index in [0.29, 0.717) is 34.1 Å². The molecule has 378 valence electrons. The van der Waals surface area contributed by atoms with Gasteiger partial charge in [-0.3, -0.25) is 13.7 Å². The SMILES string of the molecule is [2H]c1c([2H])c([2H])c(-c2cccc(-c3cc(C(C)(C)C)cc(C(C)(C)C)c3)c2-[n+]2[c-]n(-c3cccc(Oc4ccc5c6ccccc6n(-c6cc(C([2H])([2H])C(C)(C)c7ccccc7)ccn6)c5c4)c3)c3ccc(-c4ccccc4)cc32)c([2H])c1[2H]. The fourth-order valence-electron chi connectivity index (χ4n) is 10.5. The van der Waals surface area contributed by atoms with Crippen LogP contribution < -0.4 is 9.30 Å². The zero-order valence-corrected chi connectivity index (χ0v) is 44.7. The van der Waals surface area contributed by atoms with Crippen LogP contribution in [0.25, 0.3) is 83.4 Å². The zero-order chi connectivity index (χ0) is 59.2. The molecule has 12 aromatic rings. The van der Waals surface area contributed by atoms with E-state index < -0.39 is 29.9 Å². The monoisotopic (exact) mass is 1010 g/mol. The first-order valence-electron chi connectivity index (χ1n) is 29.8.